The van der Waals surface area contributed by atoms with Crippen LogP contribution in [0.2, 0.25) is 0 Å². The van der Waals surface area contributed by atoms with Gasteiger partial charge >= 0.3 is 0 Å². The minimum atomic E-state index is 0.124. The van der Waals surface area contributed by atoms with Crippen molar-refractivity contribution in [3.63, 3.8) is 0 Å². The number of benzene rings is 2. The highest BCUT2D eigenvalue weighted by Gasteiger charge is 2.57. The molecule has 1 fully saturated rings. The molecule has 27 heavy (non-hydrogen) atoms. The predicted octanol–water partition coefficient (Wildman–Crippen LogP) is 5.01. The lowest BCUT2D eigenvalue weighted by atomic mass is 10.1. The highest BCUT2D eigenvalue weighted by atomic mass is 16.5. The van der Waals surface area contributed by atoms with Crippen LogP contribution in [0, 0.1) is 28.7 Å². The van der Waals surface area contributed by atoms with Crippen molar-refractivity contribution in [3.8, 4) is 17.7 Å². The van der Waals surface area contributed by atoms with E-state index in [1.807, 2.05) is 54.6 Å². The molecule has 2 aromatic carbocycles. The van der Waals surface area contributed by atoms with Crippen LogP contribution in [0.1, 0.15) is 32.8 Å². The van der Waals surface area contributed by atoms with Gasteiger partial charge in [-0.3, -0.25) is 0 Å². The van der Waals surface area contributed by atoms with Gasteiger partial charge in [0.1, 0.15) is 17.3 Å². The third-order valence-electron chi connectivity index (χ3n) is 5.60. The van der Waals surface area contributed by atoms with Crippen LogP contribution < -0.4 is 4.74 Å². The zero-order valence-corrected chi connectivity index (χ0v) is 16.2. The van der Waals surface area contributed by atoms with Crippen LogP contribution >= 0.6 is 0 Å². The molecule has 0 bridgehead atoms. The van der Waals surface area contributed by atoms with Crippen molar-refractivity contribution in [2.45, 2.75) is 33.7 Å². The fraction of sp³-hybridized carbons (Fsp3) is 0.391. The summed E-state index contributed by atoms with van der Waals surface area (Å²) in [5, 5.41) is 9.58. The molecule has 3 rings (SSSR count). The molecular formula is C23H26N2O2. The van der Waals surface area contributed by atoms with Crippen molar-refractivity contribution in [2.75, 3.05) is 6.54 Å². The van der Waals surface area contributed by atoms with Crippen molar-refractivity contribution < 1.29 is 9.53 Å². The van der Waals surface area contributed by atoms with Gasteiger partial charge in [0.2, 0.25) is 0 Å². The van der Waals surface area contributed by atoms with Crippen molar-refractivity contribution in [3.05, 3.63) is 60.2 Å². The van der Waals surface area contributed by atoms with Gasteiger partial charge in [-0.2, -0.15) is 5.26 Å². The van der Waals surface area contributed by atoms with Gasteiger partial charge in [0.15, 0.2) is 6.19 Å². The van der Waals surface area contributed by atoms with Crippen LogP contribution in [-0.4, -0.2) is 17.2 Å². The number of carbonyl (C=O) groups is 1. The molecule has 0 heterocycles. The normalized spacial score (nSPS) is 19.8. The number of rotatable bonds is 8. The van der Waals surface area contributed by atoms with Crippen LogP contribution in [0.15, 0.2) is 54.6 Å². The second kappa shape index (κ2) is 7.84. The maximum atomic E-state index is 11.5. The molecule has 4 nitrogen and oxygen atoms in total. The monoisotopic (exact) mass is 362 g/mol. The lowest BCUT2D eigenvalue weighted by molar-refractivity contribution is -0.117. The Morgan fingerprint density at radius 3 is 2.48 bits per heavy atom. The van der Waals surface area contributed by atoms with Gasteiger partial charge in [0, 0.05) is 13.0 Å². The first-order valence-electron chi connectivity index (χ1n) is 9.36. The fourth-order valence-electron chi connectivity index (χ4n) is 3.87. The van der Waals surface area contributed by atoms with Gasteiger partial charge in [0.05, 0.1) is 6.54 Å². The summed E-state index contributed by atoms with van der Waals surface area (Å²) in [6, 6.07) is 17.5. The maximum Gasteiger partial charge on any atom is 0.179 e. The Morgan fingerprint density at radius 2 is 1.81 bits per heavy atom. The Labute approximate surface area is 161 Å². The van der Waals surface area contributed by atoms with E-state index in [0.717, 1.165) is 17.1 Å². The summed E-state index contributed by atoms with van der Waals surface area (Å²) in [5.74, 6) is 2.53. The third kappa shape index (κ3) is 4.68. The Morgan fingerprint density at radius 1 is 1.11 bits per heavy atom. The highest BCUT2D eigenvalue weighted by molar-refractivity contribution is 5.76. The smallest absolute Gasteiger partial charge is 0.179 e. The van der Waals surface area contributed by atoms with Gasteiger partial charge in [-0.1, -0.05) is 44.2 Å². The highest BCUT2D eigenvalue weighted by Crippen LogP contribution is 2.60. The van der Waals surface area contributed by atoms with Crippen molar-refractivity contribution in [2.24, 2.45) is 17.3 Å². The van der Waals surface area contributed by atoms with Crippen LogP contribution in [0.25, 0.3) is 0 Å². The first-order valence-corrected chi connectivity index (χ1v) is 9.36. The lowest BCUT2D eigenvalue weighted by Crippen LogP contribution is -2.21. The lowest BCUT2D eigenvalue weighted by Gasteiger charge is -2.17. The summed E-state index contributed by atoms with van der Waals surface area (Å²) in [7, 11) is 0. The standard InChI is InChI=1S/C23H26N2O2/c1-17(26)12-21-22(23(21,2)3)15-25(16-24)14-18-8-7-11-20(13-18)27-19-9-5-4-6-10-19/h4-11,13,21-22H,12,14-15H2,1-3H3/t21-,22+/m0/s1. The molecule has 0 amide bonds. The quantitative estimate of drug-likeness (QED) is 0.489. The number of Topliss-reactive ketones (excluding diaryl/α,β-unsaturated/α-hetero) is 1. The molecule has 0 unspecified atom stereocenters. The molecule has 0 saturated heterocycles. The first kappa shape index (κ1) is 19.0. The largest absolute Gasteiger partial charge is 0.457 e. The van der Waals surface area contributed by atoms with Crippen LogP contribution in [0.4, 0.5) is 0 Å². The maximum absolute atomic E-state index is 11.5. The Kier molecular flexibility index (Phi) is 5.51. The zero-order valence-electron chi connectivity index (χ0n) is 16.2. The van der Waals surface area contributed by atoms with Crippen LogP contribution in [0.5, 0.6) is 11.5 Å². The van der Waals surface area contributed by atoms with E-state index in [0.29, 0.717) is 31.3 Å². The summed E-state index contributed by atoms with van der Waals surface area (Å²) in [5.41, 5.74) is 1.16. The van der Waals surface area contributed by atoms with Crippen LogP contribution in [-0.2, 0) is 11.3 Å². The second-order valence-electron chi connectivity index (χ2n) is 7.98. The van der Waals surface area contributed by atoms with E-state index >= 15 is 0 Å². The van der Waals surface area contributed by atoms with E-state index in [4.69, 9.17) is 4.74 Å². The minimum absolute atomic E-state index is 0.124. The molecule has 0 aliphatic heterocycles. The number of nitriles is 1. The molecule has 2 atom stereocenters. The number of ether oxygens (including phenoxy) is 1. The Hall–Kier alpha value is -2.80. The van der Waals surface area contributed by atoms with Gasteiger partial charge in [-0.05, 0) is 54.0 Å². The fourth-order valence-corrected chi connectivity index (χ4v) is 3.87. The molecule has 140 valence electrons. The molecule has 4 heteroatoms. The number of nitrogens with zero attached hydrogens (tertiary/aromatic N) is 2. The number of carbonyl (C=O) groups excluding carboxylic acids is 1. The number of para-hydroxylation sites is 1. The van der Waals surface area contributed by atoms with E-state index < -0.39 is 0 Å². The summed E-state index contributed by atoms with van der Waals surface area (Å²) >= 11 is 0. The van der Waals surface area contributed by atoms with E-state index in [1.165, 1.54) is 0 Å². The summed E-state index contributed by atoms with van der Waals surface area (Å²) in [4.78, 5) is 13.3. The minimum Gasteiger partial charge on any atom is -0.457 e. The molecule has 1 aliphatic rings. The number of hydrogen-bond donors (Lipinski definition) is 0. The van der Waals surface area contributed by atoms with Crippen molar-refractivity contribution >= 4 is 5.78 Å². The van der Waals surface area contributed by atoms with Gasteiger partial charge in [0.25, 0.3) is 0 Å². The first-order chi connectivity index (χ1) is 12.9. The van der Waals surface area contributed by atoms with Gasteiger partial charge < -0.3 is 14.4 Å². The predicted molar refractivity (Wildman–Crippen MR) is 105 cm³/mol. The average Bonchev–Trinajstić information content (AvgIpc) is 3.13. The second-order valence-corrected chi connectivity index (χ2v) is 7.98. The summed E-state index contributed by atoms with van der Waals surface area (Å²) < 4.78 is 5.88. The summed E-state index contributed by atoms with van der Waals surface area (Å²) in [6.45, 7) is 7.25. The van der Waals surface area contributed by atoms with E-state index in [2.05, 4.69) is 20.0 Å². The Bertz CT molecular complexity index is 839. The molecule has 0 radical (unpaired) electrons. The zero-order chi connectivity index (χ0) is 19.4. The van der Waals surface area contributed by atoms with E-state index in [1.54, 1.807) is 11.8 Å². The SMILES string of the molecule is CC(=O)C[C@H]1[C@@H](CN(C#N)Cc2cccc(Oc3ccccc3)c2)C1(C)C. The van der Waals surface area contributed by atoms with E-state index in [9.17, 15) is 10.1 Å². The van der Waals surface area contributed by atoms with Gasteiger partial charge in [-0.15, -0.1) is 0 Å². The summed E-state index contributed by atoms with van der Waals surface area (Å²) in [6.07, 6.45) is 2.92. The van der Waals surface area contributed by atoms with Gasteiger partial charge in [-0.25, -0.2) is 0 Å². The molecule has 1 aliphatic carbocycles. The third-order valence-corrected chi connectivity index (χ3v) is 5.60. The molecule has 0 spiro atoms. The topological polar surface area (TPSA) is 53.3 Å². The molecule has 0 N–H and O–H groups in total. The van der Waals surface area contributed by atoms with Crippen molar-refractivity contribution in [1.82, 2.24) is 4.90 Å². The average molecular weight is 362 g/mol. The Balaban J connectivity index is 1.63. The molecule has 2 aromatic rings. The number of ketones is 1. The molecular weight excluding hydrogens is 336 g/mol. The van der Waals surface area contributed by atoms with Crippen molar-refractivity contribution in [1.29, 1.82) is 5.26 Å². The number of hydrogen-bond acceptors (Lipinski definition) is 4. The van der Waals surface area contributed by atoms with Crippen LogP contribution in [0.3, 0.4) is 0 Å². The van der Waals surface area contributed by atoms with E-state index in [-0.39, 0.29) is 11.2 Å². The molecule has 0 aromatic heterocycles. The molecule has 1 saturated carbocycles.